The molecule has 3 aromatic rings. The van der Waals surface area contributed by atoms with Crippen LogP contribution in [0.1, 0.15) is 43.0 Å². The maximum atomic E-state index is 13.0. The van der Waals surface area contributed by atoms with Crippen LogP contribution in [-0.4, -0.2) is 11.9 Å². The number of ether oxygens (including phenoxy) is 2. The number of hydrogen-bond acceptors (Lipinski definition) is 4. The normalized spacial score (nSPS) is 10.2. The number of benzene rings is 3. The minimum atomic E-state index is -0.564. The van der Waals surface area contributed by atoms with E-state index in [4.69, 9.17) is 9.47 Å². The predicted octanol–water partition coefficient (Wildman–Crippen LogP) is 7.04. The van der Waals surface area contributed by atoms with Crippen LogP contribution >= 0.6 is 0 Å². The third-order valence-corrected chi connectivity index (χ3v) is 5.62. The first-order valence-electron chi connectivity index (χ1n) is 11.7. The zero-order chi connectivity index (χ0) is 25.9. The molecule has 0 amide bonds. The molecule has 4 nitrogen and oxygen atoms in total. The Balaban J connectivity index is 1.84. The van der Waals surface area contributed by atoms with Gasteiger partial charge < -0.3 is 9.47 Å². The number of hydrogen-bond donors (Lipinski definition) is 0. The van der Waals surface area contributed by atoms with Crippen LogP contribution in [0.15, 0.2) is 111 Å². The van der Waals surface area contributed by atoms with Crippen LogP contribution in [0.2, 0.25) is 0 Å². The van der Waals surface area contributed by atoms with Crippen molar-refractivity contribution in [3.63, 3.8) is 0 Å². The van der Waals surface area contributed by atoms with Gasteiger partial charge in [0, 0.05) is 11.1 Å². The third kappa shape index (κ3) is 6.36. The third-order valence-electron chi connectivity index (χ3n) is 5.62. The highest BCUT2D eigenvalue weighted by molar-refractivity contribution is 5.97. The molecule has 0 atom stereocenters. The maximum Gasteiger partial charge on any atom is 0.343 e. The van der Waals surface area contributed by atoms with Crippen molar-refractivity contribution in [2.45, 2.75) is 25.7 Å². The summed E-state index contributed by atoms with van der Waals surface area (Å²) in [5.41, 5.74) is 4.28. The summed E-state index contributed by atoms with van der Waals surface area (Å²) in [7, 11) is 0. The molecule has 0 aromatic heterocycles. The lowest BCUT2D eigenvalue weighted by Gasteiger charge is -2.14. The average Bonchev–Trinajstić information content (AvgIpc) is 2.88. The van der Waals surface area contributed by atoms with Gasteiger partial charge in [0.1, 0.15) is 11.5 Å². The summed E-state index contributed by atoms with van der Waals surface area (Å²) in [6.07, 6.45) is 9.54. The SMILES string of the molecule is C=CCc1cccc(OC(=O)c2cccc(C(=O)Oc3cccc(CC=C)c3CC=C)c2)c1CC=C. The van der Waals surface area contributed by atoms with Gasteiger partial charge in [0.05, 0.1) is 11.1 Å². The van der Waals surface area contributed by atoms with E-state index < -0.39 is 11.9 Å². The Hall–Kier alpha value is -4.44. The van der Waals surface area contributed by atoms with Gasteiger partial charge >= 0.3 is 11.9 Å². The molecular weight excluding hydrogens is 448 g/mol. The predicted molar refractivity (Wildman–Crippen MR) is 145 cm³/mol. The molecule has 0 aliphatic heterocycles. The van der Waals surface area contributed by atoms with E-state index in [0.717, 1.165) is 22.3 Å². The molecule has 4 heteroatoms. The molecule has 0 bridgehead atoms. The number of esters is 2. The van der Waals surface area contributed by atoms with Crippen LogP contribution in [0.3, 0.4) is 0 Å². The maximum absolute atomic E-state index is 13.0. The quantitative estimate of drug-likeness (QED) is 0.159. The van der Waals surface area contributed by atoms with Gasteiger partial charge in [-0.15, -0.1) is 26.3 Å². The summed E-state index contributed by atoms with van der Waals surface area (Å²) < 4.78 is 11.4. The van der Waals surface area contributed by atoms with Gasteiger partial charge in [-0.1, -0.05) is 54.6 Å². The van der Waals surface area contributed by atoms with Crippen LogP contribution in [0.5, 0.6) is 11.5 Å². The van der Waals surface area contributed by atoms with E-state index in [2.05, 4.69) is 26.3 Å². The van der Waals surface area contributed by atoms with Gasteiger partial charge in [-0.25, -0.2) is 9.59 Å². The number of allylic oxidation sites excluding steroid dienone is 4. The summed E-state index contributed by atoms with van der Waals surface area (Å²) in [5.74, 6) is -0.210. The van der Waals surface area contributed by atoms with Crippen molar-refractivity contribution in [2.75, 3.05) is 0 Å². The minimum Gasteiger partial charge on any atom is -0.423 e. The number of carbonyl (C=O) groups is 2. The standard InChI is InChI=1S/C32H30O4/c1-5-12-23-16-10-20-29(27(23)14-7-3)35-31(33)25-18-9-19-26(22-25)32(34)36-30-21-11-17-24(13-6-2)28(30)15-8-4/h5-11,16-22H,1-4,12-15H2. The fourth-order valence-corrected chi connectivity index (χ4v) is 3.95. The molecule has 0 aliphatic carbocycles. The van der Waals surface area contributed by atoms with Crippen LogP contribution in [0, 0.1) is 0 Å². The van der Waals surface area contributed by atoms with Gasteiger partial charge in [-0.3, -0.25) is 0 Å². The van der Waals surface area contributed by atoms with E-state index >= 15 is 0 Å². The zero-order valence-electron chi connectivity index (χ0n) is 20.4. The monoisotopic (exact) mass is 478 g/mol. The molecule has 3 aromatic carbocycles. The van der Waals surface area contributed by atoms with Crippen molar-refractivity contribution < 1.29 is 19.1 Å². The molecule has 0 aliphatic rings. The lowest BCUT2D eigenvalue weighted by Crippen LogP contribution is -2.14. The van der Waals surface area contributed by atoms with Gasteiger partial charge in [0.15, 0.2) is 0 Å². The summed E-state index contributed by atoms with van der Waals surface area (Å²) in [6, 6.07) is 17.4. The number of rotatable bonds is 12. The fraction of sp³-hybridized carbons (Fsp3) is 0.125. The highest BCUT2D eigenvalue weighted by atomic mass is 16.5. The Bertz CT molecular complexity index is 1200. The molecule has 0 unspecified atom stereocenters. The zero-order valence-corrected chi connectivity index (χ0v) is 20.4. The molecule has 0 spiro atoms. The average molecular weight is 479 g/mol. The second-order valence-corrected chi connectivity index (χ2v) is 8.12. The molecule has 182 valence electrons. The van der Waals surface area contributed by atoms with E-state index in [-0.39, 0.29) is 11.1 Å². The Morgan fingerprint density at radius 1 is 0.583 bits per heavy atom. The van der Waals surface area contributed by atoms with Crippen molar-refractivity contribution in [1.82, 2.24) is 0 Å². The van der Waals surface area contributed by atoms with Crippen molar-refractivity contribution in [1.29, 1.82) is 0 Å². The highest BCUT2D eigenvalue weighted by Crippen LogP contribution is 2.27. The second-order valence-electron chi connectivity index (χ2n) is 8.12. The van der Waals surface area contributed by atoms with E-state index in [1.807, 2.05) is 24.3 Å². The molecular formula is C32H30O4. The highest BCUT2D eigenvalue weighted by Gasteiger charge is 2.18. The first kappa shape index (κ1) is 26.2. The smallest absolute Gasteiger partial charge is 0.343 e. The first-order chi connectivity index (χ1) is 17.5. The van der Waals surface area contributed by atoms with Gasteiger partial charge in [0.2, 0.25) is 0 Å². The van der Waals surface area contributed by atoms with Crippen LogP contribution in [0.4, 0.5) is 0 Å². The van der Waals surface area contributed by atoms with Crippen molar-refractivity contribution in [2.24, 2.45) is 0 Å². The lowest BCUT2D eigenvalue weighted by atomic mass is 10.0. The molecule has 3 rings (SSSR count). The molecule has 0 radical (unpaired) electrons. The van der Waals surface area contributed by atoms with Gasteiger partial charge in [-0.05, 0) is 67.1 Å². The Morgan fingerprint density at radius 3 is 1.36 bits per heavy atom. The molecule has 0 N–H and O–H groups in total. The molecule has 0 fully saturated rings. The number of carbonyl (C=O) groups excluding carboxylic acids is 2. The second kappa shape index (κ2) is 12.9. The van der Waals surface area contributed by atoms with E-state index in [9.17, 15) is 9.59 Å². The summed E-state index contributed by atoms with van der Waals surface area (Å²) in [6.45, 7) is 15.2. The lowest BCUT2D eigenvalue weighted by molar-refractivity contribution is 0.0733. The van der Waals surface area contributed by atoms with Crippen molar-refractivity contribution >= 4 is 11.9 Å². The Morgan fingerprint density at radius 2 is 0.972 bits per heavy atom. The molecule has 0 saturated heterocycles. The molecule has 0 saturated carbocycles. The van der Waals surface area contributed by atoms with Crippen LogP contribution in [-0.2, 0) is 25.7 Å². The topological polar surface area (TPSA) is 52.6 Å². The Labute approximate surface area is 212 Å². The van der Waals surface area contributed by atoms with E-state index in [0.29, 0.717) is 37.2 Å². The summed E-state index contributed by atoms with van der Waals surface area (Å²) >= 11 is 0. The van der Waals surface area contributed by atoms with Gasteiger partial charge in [0.25, 0.3) is 0 Å². The Kier molecular flexibility index (Phi) is 9.35. The van der Waals surface area contributed by atoms with Gasteiger partial charge in [-0.2, -0.15) is 0 Å². The minimum absolute atomic E-state index is 0.245. The van der Waals surface area contributed by atoms with E-state index in [1.165, 1.54) is 6.07 Å². The largest absolute Gasteiger partial charge is 0.423 e. The van der Waals surface area contributed by atoms with E-state index in [1.54, 1.807) is 54.6 Å². The molecule has 0 heterocycles. The summed E-state index contributed by atoms with van der Waals surface area (Å²) in [4.78, 5) is 26.0. The van der Waals surface area contributed by atoms with Crippen molar-refractivity contribution in [3.8, 4) is 11.5 Å². The van der Waals surface area contributed by atoms with Crippen LogP contribution in [0.25, 0.3) is 0 Å². The first-order valence-corrected chi connectivity index (χ1v) is 11.7. The molecule has 36 heavy (non-hydrogen) atoms. The van der Waals surface area contributed by atoms with Crippen LogP contribution < -0.4 is 9.47 Å². The fourth-order valence-electron chi connectivity index (χ4n) is 3.95. The van der Waals surface area contributed by atoms with Crippen molar-refractivity contribution in [3.05, 3.63) is 145 Å². The summed E-state index contributed by atoms with van der Waals surface area (Å²) in [5, 5.41) is 0.